The Labute approximate surface area is 130 Å². The van der Waals surface area contributed by atoms with Crippen LogP contribution < -0.4 is 5.32 Å². The topological polar surface area (TPSA) is 15.3 Å². The lowest BCUT2D eigenvalue weighted by Gasteiger charge is -2.45. The Morgan fingerprint density at radius 3 is 2.67 bits per heavy atom. The number of nitrogens with one attached hydrogen (secondary N) is 1. The molecule has 2 nitrogen and oxygen atoms in total. The molecular weight excluding hydrogens is 256 g/mol. The van der Waals surface area contributed by atoms with Gasteiger partial charge < -0.3 is 10.2 Å². The van der Waals surface area contributed by atoms with Gasteiger partial charge in [-0.3, -0.25) is 0 Å². The third-order valence-electron chi connectivity index (χ3n) is 5.27. The van der Waals surface area contributed by atoms with Crippen LogP contribution in [-0.4, -0.2) is 31.6 Å². The largest absolute Gasteiger partial charge is 0.316 e. The van der Waals surface area contributed by atoms with E-state index in [1.54, 1.807) is 0 Å². The fourth-order valence-corrected chi connectivity index (χ4v) is 4.15. The van der Waals surface area contributed by atoms with Crippen molar-refractivity contribution in [1.29, 1.82) is 0 Å². The minimum absolute atomic E-state index is 0.418. The van der Waals surface area contributed by atoms with E-state index in [0.29, 0.717) is 11.5 Å². The van der Waals surface area contributed by atoms with Gasteiger partial charge in [-0.2, -0.15) is 0 Å². The van der Waals surface area contributed by atoms with Gasteiger partial charge >= 0.3 is 0 Å². The van der Waals surface area contributed by atoms with Gasteiger partial charge in [-0.05, 0) is 56.3 Å². The van der Waals surface area contributed by atoms with Crippen LogP contribution in [0, 0.1) is 18.3 Å². The maximum absolute atomic E-state index is 3.60. The molecule has 118 valence electrons. The molecule has 1 fully saturated rings. The van der Waals surface area contributed by atoms with Crippen molar-refractivity contribution in [3.8, 4) is 0 Å². The molecule has 0 spiro atoms. The zero-order chi connectivity index (χ0) is 15.5. The number of hydrogen-bond acceptors (Lipinski definition) is 2. The molecule has 21 heavy (non-hydrogen) atoms. The predicted molar refractivity (Wildman–Crippen MR) is 91.5 cm³/mol. The van der Waals surface area contributed by atoms with E-state index in [9.17, 15) is 0 Å². The number of aryl methyl sites for hydroxylation is 1. The molecule has 2 atom stereocenters. The van der Waals surface area contributed by atoms with Crippen LogP contribution in [-0.2, 0) is 6.54 Å². The first-order valence-electron chi connectivity index (χ1n) is 8.34. The summed E-state index contributed by atoms with van der Waals surface area (Å²) in [5.74, 6) is 0.757. The van der Waals surface area contributed by atoms with Gasteiger partial charge in [0.25, 0.3) is 0 Å². The molecule has 0 heterocycles. The van der Waals surface area contributed by atoms with Crippen molar-refractivity contribution in [1.82, 2.24) is 10.2 Å². The second-order valence-corrected chi connectivity index (χ2v) is 7.53. The summed E-state index contributed by atoms with van der Waals surface area (Å²) < 4.78 is 0. The smallest absolute Gasteiger partial charge is 0.0233 e. The van der Waals surface area contributed by atoms with Crippen molar-refractivity contribution in [3.63, 3.8) is 0 Å². The molecule has 2 heteroatoms. The highest BCUT2D eigenvalue weighted by Gasteiger charge is 2.38. The van der Waals surface area contributed by atoms with Gasteiger partial charge in [0.1, 0.15) is 0 Å². The standard InChI is InChI=1S/C19H32N2/c1-15-9-6-7-10-16(15)13-21(5)14-17-11-8-12-19(2,3)18(17)20-4/h6-7,9-10,17-18,20H,8,11-14H2,1-5H3. The Morgan fingerprint density at radius 2 is 2.00 bits per heavy atom. The van der Waals surface area contributed by atoms with E-state index < -0.39 is 0 Å². The van der Waals surface area contributed by atoms with Crippen LogP contribution in [0.4, 0.5) is 0 Å². The minimum Gasteiger partial charge on any atom is -0.316 e. The van der Waals surface area contributed by atoms with Gasteiger partial charge in [0.05, 0.1) is 0 Å². The highest BCUT2D eigenvalue weighted by atomic mass is 15.1. The molecule has 1 N–H and O–H groups in total. The van der Waals surface area contributed by atoms with Crippen LogP contribution in [0.25, 0.3) is 0 Å². The molecule has 0 amide bonds. The summed E-state index contributed by atoms with van der Waals surface area (Å²) in [6, 6.07) is 9.37. The van der Waals surface area contributed by atoms with Crippen LogP contribution in [0.5, 0.6) is 0 Å². The van der Waals surface area contributed by atoms with Gasteiger partial charge in [0.2, 0.25) is 0 Å². The Bertz CT molecular complexity index is 453. The quantitative estimate of drug-likeness (QED) is 0.885. The molecule has 2 unspecified atom stereocenters. The number of rotatable bonds is 5. The average molecular weight is 288 g/mol. The first kappa shape index (κ1) is 16.5. The normalized spacial score (nSPS) is 25.2. The summed E-state index contributed by atoms with van der Waals surface area (Å²) in [5.41, 5.74) is 3.27. The van der Waals surface area contributed by atoms with Crippen molar-refractivity contribution < 1.29 is 0 Å². The SMILES string of the molecule is CNC1C(CN(C)Cc2ccccc2C)CCCC1(C)C. The van der Waals surface area contributed by atoms with Gasteiger partial charge in [0.15, 0.2) is 0 Å². The molecule has 1 aliphatic rings. The van der Waals surface area contributed by atoms with E-state index in [4.69, 9.17) is 0 Å². The summed E-state index contributed by atoms with van der Waals surface area (Å²) in [7, 11) is 4.40. The molecule has 0 radical (unpaired) electrons. The zero-order valence-electron chi connectivity index (χ0n) is 14.4. The molecule has 0 aliphatic heterocycles. The number of benzene rings is 1. The fourth-order valence-electron chi connectivity index (χ4n) is 4.15. The van der Waals surface area contributed by atoms with E-state index in [0.717, 1.165) is 12.5 Å². The van der Waals surface area contributed by atoms with Crippen molar-refractivity contribution in [2.24, 2.45) is 11.3 Å². The Hall–Kier alpha value is -0.860. The fraction of sp³-hybridized carbons (Fsp3) is 0.684. The molecule has 0 aromatic heterocycles. The van der Waals surface area contributed by atoms with E-state index in [1.807, 2.05) is 0 Å². The predicted octanol–water partition coefficient (Wildman–Crippen LogP) is 3.84. The molecule has 1 saturated carbocycles. The Morgan fingerprint density at radius 1 is 1.29 bits per heavy atom. The van der Waals surface area contributed by atoms with Crippen molar-refractivity contribution in [3.05, 3.63) is 35.4 Å². The van der Waals surface area contributed by atoms with Gasteiger partial charge in [-0.1, -0.05) is 44.5 Å². The van der Waals surface area contributed by atoms with Gasteiger partial charge in [-0.25, -0.2) is 0 Å². The van der Waals surface area contributed by atoms with Crippen LogP contribution in [0.3, 0.4) is 0 Å². The van der Waals surface area contributed by atoms with E-state index in [-0.39, 0.29) is 0 Å². The first-order valence-corrected chi connectivity index (χ1v) is 8.34. The van der Waals surface area contributed by atoms with E-state index >= 15 is 0 Å². The third-order valence-corrected chi connectivity index (χ3v) is 5.27. The van der Waals surface area contributed by atoms with Gasteiger partial charge in [-0.15, -0.1) is 0 Å². The Kier molecular flexibility index (Phi) is 5.45. The maximum atomic E-state index is 3.60. The van der Waals surface area contributed by atoms with Crippen molar-refractivity contribution in [2.45, 2.75) is 52.6 Å². The summed E-state index contributed by atoms with van der Waals surface area (Å²) in [5, 5.41) is 3.60. The third kappa shape index (κ3) is 4.08. The molecule has 2 rings (SSSR count). The van der Waals surface area contributed by atoms with Crippen LogP contribution in [0.2, 0.25) is 0 Å². The second kappa shape index (κ2) is 6.93. The minimum atomic E-state index is 0.418. The van der Waals surface area contributed by atoms with Gasteiger partial charge in [0, 0.05) is 19.1 Å². The van der Waals surface area contributed by atoms with Crippen LogP contribution in [0.15, 0.2) is 24.3 Å². The summed E-state index contributed by atoms with van der Waals surface area (Å²) in [6.07, 6.45) is 4.07. The number of hydrogen-bond donors (Lipinski definition) is 1. The lowest BCUT2D eigenvalue weighted by molar-refractivity contribution is 0.0888. The molecule has 1 aromatic rings. The summed E-state index contributed by atoms with van der Waals surface area (Å²) in [6.45, 7) is 9.29. The van der Waals surface area contributed by atoms with Crippen LogP contribution >= 0.6 is 0 Å². The van der Waals surface area contributed by atoms with E-state index in [1.165, 1.54) is 36.9 Å². The molecule has 1 aliphatic carbocycles. The van der Waals surface area contributed by atoms with Crippen molar-refractivity contribution in [2.75, 3.05) is 20.6 Å². The maximum Gasteiger partial charge on any atom is 0.0233 e. The summed E-state index contributed by atoms with van der Waals surface area (Å²) in [4.78, 5) is 2.50. The monoisotopic (exact) mass is 288 g/mol. The second-order valence-electron chi connectivity index (χ2n) is 7.53. The lowest BCUT2D eigenvalue weighted by Crippen LogP contribution is -2.51. The molecule has 1 aromatic carbocycles. The Balaban J connectivity index is 1.98. The number of nitrogens with zero attached hydrogens (tertiary/aromatic N) is 1. The molecule has 0 saturated heterocycles. The van der Waals surface area contributed by atoms with Crippen LogP contribution in [0.1, 0.15) is 44.2 Å². The lowest BCUT2D eigenvalue weighted by atomic mass is 9.68. The molecular formula is C19H32N2. The average Bonchev–Trinajstić information content (AvgIpc) is 2.40. The van der Waals surface area contributed by atoms with Crippen molar-refractivity contribution >= 4 is 0 Å². The molecule has 0 bridgehead atoms. The summed E-state index contributed by atoms with van der Waals surface area (Å²) >= 11 is 0. The first-order chi connectivity index (χ1) is 9.94. The highest BCUT2D eigenvalue weighted by Crippen LogP contribution is 2.39. The highest BCUT2D eigenvalue weighted by molar-refractivity contribution is 5.25. The van der Waals surface area contributed by atoms with E-state index in [2.05, 4.69) is 69.3 Å². The zero-order valence-corrected chi connectivity index (χ0v) is 14.4.